The zero-order valence-corrected chi connectivity index (χ0v) is 11.2. The average Bonchev–Trinajstić information content (AvgIpc) is 2.33. The second-order valence-corrected chi connectivity index (χ2v) is 5.08. The molecule has 1 saturated heterocycles. The molecule has 0 atom stereocenters. The summed E-state index contributed by atoms with van der Waals surface area (Å²) in [4.78, 5) is 16.0. The summed E-state index contributed by atoms with van der Waals surface area (Å²) in [6.45, 7) is 3.13. The lowest BCUT2D eigenvalue weighted by Gasteiger charge is -2.32. The number of hydrogen-bond donors (Lipinski definition) is 0. The second-order valence-electron chi connectivity index (χ2n) is 4.22. The van der Waals surface area contributed by atoms with Crippen molar-refractivity contribution in [2.45, 2.75) is 0 Å². The fraction of sp³-hybridized carbons (Fsp3) is 0.417. The van der Waals surface area contributed by atoms with Gasteiger partial charge in [0, 0.05) is 31.7 Å². The highest BCUT2D eigenvalue weighted by molar-refractivity contribution is 9.10. The fourth-order valence-electron chi connectivity index (χ4n) is 1.82. The van der Waals surface area contributed by atoms with Crippen molar-refractivity contribution in [3.63, 3.8) is 0 Å². The van der Waals surface area contributed by atoms with E-state index >= 15 is 0 Å². The molecule has 0 aromatic heterocycles. The summed E-state index contributed by atoms with van der Waals surface area (Å²) in [6, 6.07) is 4.50. The van der Waals surface area contributed by atoms with Crippen molar-refractivity contribution in [3.05, 3.63) is 34.1 Å². The van der Waals surface area contributed by atoms with Crippen LogP contribution in [0.25, 0.3) is 0 Å². The van der Waals surface area contributed by atoms with Crippen LogP contribution in [-0.2, 0) is 0 Å². The first-order chi connectivity index (χ1) is 8.08. The monoisotopic (exact) mass is 300 g/mol. The molecule has 1 amide bonds. The Kier molecular flexibility index (Phi) is 3.79. The molecule has 0 aliphatic carbocycles. The minimum absolute atomic E-state index is 0.0931. The van der Waals surface area contributed by atoms with Crippen LogP contribution in [0.3, 0.4) is 0 Å². The predicted octanol–water partition coefficient (Wildman–Crippen LogP) is 1.98. The lowest BCUT2D eigenvalue weighted by atomic mass is 10.2. The Balaban J connectivity index is 2.11. The van der Waals surface area contributed by atoms with Crippen LogP contribution in [-0.4, -0.2) is 48.9 Å². The highest BCUT2D eigenvalue weighted by Gasteiger charge is 2.20. The molecule has 92 valence electrons. The third kappa shape index (κ3) is 2.84. The van der Waals surface area contributed by atoms with Crippen LogP contribution < -0.4 is 0 Å². The van der Waals surface area contributed by atoms with Gasteiger partial charge in [-0.05, 0) is 41.2 Å². The summed E-state index contributed by atoms with van der Waals surface area (Å²) in [5.41, 5.74) is 0.412. The van der Waals surface area contributed by atoms with Crippen molar-refractivity contribution in [2.75, 3.05) is 33.2 Å². The zero-order chi connectivity index (χ0) is 12.4. The number of likely N-dealkylation sites (N-methyl/N-ethyl adjacent to an activating group) is 1. The molecule has 3 nitrogen and oxygen atoms in total. The van der Waals surface area contributed by atoms with Crippen molar-refractivity contribution >= 4 is 21.8 Å². The van der Waals surface area contributed by atoms with Crippen LogP contribution in [0, 0.1) is 5.82 Å². The van der Waals surface area contributed by atoms with Crippen LogP contribution >= 0.6 is 15.9 Å². The number of hydrogen-bond acceptors (Lipinski definition) is 2. The molecule has 1 aliphatic heterocycles. The summed E-state index contributed by atoms with van der Waals surface area (Å²) in [5.74, 6) is -0.491. The molecule has 0 saturated carbocycles. The van der Waals surface area contributed by atoms with Crippen molar-refractivity contribution in [1.29, 1.82) is 0 Å². The molecule has 1 heterocycles. The van der Waals surface area contributed by atoms with Gasteiger partial charge in [-0.25, -0.2) is 4.39 Å². The van der Waals surface area contributed by atoms with E-state index in [9.17, 15) is 9.18 Å². The number of rotatable bonds is 1. The Hall–Kier alpha value is -0.940. The molecular formula is C12H14BrFN2O. The summed E-state index contributed by atoms with van der Waals surface area (Å²) in [6.07, 6.45) is 0. The van der Waals surface area contributed by atoms with E-state index in [1.54, 1.807) is 17.0 Å². The van der Waals surface area contributed by atoms with Crippen LogP contribution in [0.2, 0.25) is 0 Å². The summed E-state index contributed by atoms with van der Waals surface area (Å²) in [7, 11) is 2.03. The van der Waals surface area contributed by atoms with Crippen LogP contribution in [0.15, 0.2) is 22.7 Å². The molecule has 0 spiro atoms. The standard InChI is InChI=1S/C12H14BrFN2O/c1-15-4-6-16(7-5-15)12(17)9-2-3-10(13)11(14)8-9/h2-3,8H,4-7H2,1H3. The van der Waals surface area contributed by atoms with Crippen LogP contribution in [0.4, 0.5) is 4.39 Å². The van der Waals surface area contributed by atoms with E-state index in [1.165, 1.54) is 6.07 Å². The molecule has 2 rings (SSSR count). The largest absolute Gasteiger partial charge is 0.336 e. The molecule has 17 heavy (non-hydrogen) atoms. The first-order valence-electron chi connectivity index (χ1n) is 5.51. The first kappa shape index (κ1) is 12.5. The average molecular weight is 301 g/mol. The maximum atomic E-state index is 13.3. The maximum Gasteiger partial charge on any atom is 0.254 e. The van der Waals surface area contributed by atoms with E-state index in [0.29, 0.717) is 23.1 Å². The van der Waals surface area contributed by atoms with Crippen molar-refractivity contribution in [2.24, 2.45) is 0 Å². The molecule has 1 aromatic rings. The molecule has 1 aromatic carbocycles. The molecule has 0 unspecified atom stereocenters. The lowest BCUT2D eigenvalue weighted by Crippen LogP contribution is -2.47. The highest BCUT2D eigenvalue weighted by Crippen LogP contribution is 2.17. The molecule has 0 N–H and O–H groups in total. The van der Waals surface area contributed by atoms with E-state index < -0.39 is 5.82 Å². The van der Waals surface area contributed by atoms with Crippen molar-refractivity contribution in [1.82, 2.24) is 9.80 Å². The smallest absolute Gasteiger partial charge is 0.254 e. The Morgan fingerprint density at radius 1 is 1.29 bits per heavy atom. The Morgan fingerprint density at radius 2 is 1.94 bits per heavy atom. The predicted molar refractivity (Wildman–Crippen MR) is 67.5 cm³/mol. The number of carbonyl (C=O) groups is 1. The molecule has 0 bridgehead atoms. The van der Waals surface area contributed by atoms with Gasteiger partial charge in [0.2, 0.25) is 0 Å². The van der Waals surface area contributed by atoms with Gasteiger partial charge in [-0.15, -0.1) is 0 Å². The normalized spacial score (nSPS) is 17.2. The third-order valence-corrected chi connectivity index (χ3v) is 3.60. The number of halogens is 2. The minimum atomic E-state index is -0.398. The fourth-order valence-corrected chi connectivity index (χ4v) is 2.07. The minimum Gasteiger partial charge on any atom is -0.336 e. The van der Waals surface area contributed by atoms with Gasteiger partial charge in [-0.2, -0.15) is 0 Å². The van der Waals surface area contributed by atoms with Crippen molar-refractivity contribution < 1.29 is 9.18 Å². The van der Waals surface area contributed by atoms with Gasteiger partial charge in [0.25, 0.3) is 5.91 Å². The summed E-state index contributed by atoms with van der Waals surface area (Å²) < 4.78 is 13.7. The number of piperazine rings is 1. The van der Waals surface area contributed by atoms with Gasteiger partial charge in [0.05, 0.1) is 4.47 Å². The number of amides is 1. The third-order valence-electron chi connectivity index (χ3n) is 2.96. The van der Waals surface area contributed by atoms with Gasteiger partial charge < -0.3 is 9.80 Å². The molecule has 1 fully saturated rings. The first-order valence-corrected chi connectivity index (χ1v) is 6.30. The van der Waals surface area contributed by atoms with Gasteiger partial charge in [-0.1, -0.05) is 0 Å². The SMILES string of the molecule is CN1CCN(C(=O)c2ccc(Br)c(F)c2)CC1. The van der Waals surface area contributed by atoms with E-state index in [4.69, 9.17) is 0 Å². The van der Waals surface area contributed by atoms with Crippen LogP contribution in [0.1, 0.15) is 10.4 Å². The topological polar surface area (TPSA) is 23.6 Å². The molecule has 1 aliphatic rings. The maximum absolute atomic E-state index is 13.3. The Bertz CT molecular complexity index is 431. The van der Waals surface area contributed by atoms with Gasteiger partial charge in [-0.3, -0.25) is 4.79 Å². The Morgan fingerprint density at radius 3 is 2.53 bits per heavy atom. The van der Waals surface area contributed by atoms with E-state index in [-0.39, 0.29) is 5.91 Å². The molecular weight excluding hydrogens is 287 g/mol. The number of carbonyl (C=O) groups excluding carboxylic acids is 1. The number of benzene rings is 1. The van der Waals surface area contributed by atoms with Crippen molar-refractivity contribution in [3.8, 4) is 0 Å². The quantitative estimate of drug-likeness (QED) is 0.792. The van der Waals surface area contributed by atoms with Crippen LogP contribution in [0.5, 0.6) is 0 Å². The zero-order valence-electron chi connectivity index (χ0n) is 9.62. The van der Waals surface area contributed by atoms with Gasteiger partial charge >= 0.3 is 0 Å². The number of nitrogens with zero attached hydrogens (tertiary/aromatic N) is 2. The highest BCUT2D eigenvalue weighted by atomic mass is 79.9. The molecule has 0 radical (unpaired) electrons. The van der Waals surface area contributed by atoms with E-state index in [2.05, 4.69) is 20.8 Å². The second kappa shape index (κ2) is 5.14. The van der Waals surface area contributed by atoms with E-state index in [1.807, 2.05) is 7.05 Å². The summed E-state index contributed by atoms with van der Waals surface area (Å²) in [5, 5.41) is 0. The molecule has 5 heteroatoms. The lowest BCUT2D eigenvalue weighted by molar-refractivity contribution is 0.0663. The van der Waals surface area contributed by atoms with Gasteiger partial charge in [0.1, 0.15) is 5.82 Å². The Labute approximate surface area is 108 Å². The summed E-state index contributed by atoms with van der Waals surface area (Å²) >= 11 is 3.08. The van der Waals surface area contributed by atoms with E-state index in [0.717, 1.165) is 13.1 Å². The van der Waals surface area contributed by atoms with Gasteiger partial charge in [0.15, 0.2) is 0 Å².